The highest BCUT2D eigenvalue weighted by atomic mass is 16.6. The molecule has 0 aliphatic rings. The third-order valence-electron chi connectivity index (χ3n) is 4.74. The number of methoxy groups -OCH3 is 1. The van der Waals surface area contributed by atoms with Crippen LogP contribution in [0.2, 0.25) is 0 Å². The Kier molecular flexibility index (Phi) is 7.84. The average Bonchev–Trinajstić information content (AvgIpc) is 2.78. The Bertz CT molecular complexity index is 1010. The van der Waals surface area contributed by atoms with Crippen molar-refractivity contribution in [3.8, 4) is 11.5 Å². The summed E-state index contributed by atoms with van der Waals surface area (Å²) < 4.78 is 11.4. The summed E-state index contributed by atoms with van der Waals surface area (Å²) in [5.41, 5.74) is 4.36. The van der Waals surface area contributed by atoms with E-state index in [1.807, 2.05) is 30.3 Å². The first-order chi connectivity index (χ1) is 15.0. The molecular formula is C24H27N3O4. The van der Waals surface area contributed by atoms with Crippen molar-refractivity contribution in [3.05, 3.63) is 93.5 Å². The van der Waals surface area contributed by atoms with E-state index in [1.165, 1.54) is 17.7 Å². The van der Waals surface area contributed by atoms with E-state index in [1.54, 1.807) is 19.2 Å². The van der Waals surface area contributed by atoms with Gasteiger partial charge >= 0.3 is 0 Å². The molecule has 0 amide bonds. The Balaban J connectivity index is 1.44. The number of aryl methyl sites for hydroxylation is 1. The van der Waals surface area contributed by atoms with Crippen LogP contribution in [-0.2, 0) is 13.2 Å². The second-order valence-electron chi connectivity index (χ2n) is 7.17. The van der Waals surface area contributed by atoms with Crippen molar-refractivity contribution in [2.75, 3.05) is 25.5 Å². The van der Waals surface area contributed by atoms with Crippen LogP contribution in [0.15, 0.2) is 66.7 Å². The van der Waals surface area contributed by atoms with Crippen LogP contribution in [-0.4, -0.2) is 25.1 Å². The van der Waals surface area contributed by atoms with Crippen molar-refractivity contribution in [1.29, 1.82) is 0 Å². The van der Waals surface area contributed by atoms with Gasteiger partial charge in [-0.2, -0.15) is 0 Å². The minimum Gasteiger partial charge on any atom is -0.493 e. The van der Waals surface area contributed by atoms with Gasteiger partial charge in [-0.3, -0.25) is 10.1 Å². The third-order valence-corrected chi connectivity index (χ3v) is 4.74. The van der Waals surface area contributed by atoms with Gasteiger partial charge in [0.05, 0.1) is 12.0 Å². The first-order valence-electron chi connectivity index (χ1n) is 10.1. The highest BCUT2D eigenvalue weighted by Crippen LogP contribution is 2.29. The lowest BCUT2D eigenvalue weighted by molar-refractivity contribution is -0.384. The number of ether oxygens (including phenoxy) is 2. The molecule has 3 aromatic carbocycles. The molecule has 0 aliphatic carbocycles. The zero-order chi connectivity index (χ0) is 22.1. The topological polar surface area (TPSA) is 85.7 Å². The standard InChI is InChI=1S/C24H27N3O4/c1-18-4-3-5-20(14-18)17-31-23-11-6-19(15-24(23)30-2)16-25-12-13-26-21-7-9-22(10-8-21)27(28)29/h3-11,14-15,25-26H,12-13,16-17H2,1-2H3. The number of rotatable bonds is 11. The van der Waals surface area contributed by atoms with Crippen molar-refractivity contribution in [1.82, 2.24) is 5.32 Å². The summed E-state index contributed by atoms with van der Waals surface area (Å²) in [7, 11) is 1.64. The summed E-state index contributed by atoms with van der Waals surface area (Å²) in [6, 6.07) is 20.6. The van der Waals surface area contributed by atoms with E-state index in [0.717, 1.165) is 23.4 Å². The van der Waals surface area contributed by atoms with Crippen molar-refractivity contribution in [2.45, 2.75) is 20.1 Å². The van der Waals surface area contributed by atoms with Gasteiger partial charge in [-0.05, 0) is 42.3 Å². The lowest BCUT2D eigenvalue weighted by atomic mass is 10.1. The number of anilines is 1. The van der Waals surface area contributed by atoms with Crippen LogP contribution in [0.3, 0.4) is 0 Å². The summed E-state index contributed by atoms with van der Waals surface area (Å²) in [6.07, 6.45) is 0. The van der Waals surface area contributed by atoms with Crippen LogP contribution in [0.1, 0.15) is 16.7 Å². The molecule has 0 fully saturated rings. The molecule has 0 aromatic heterocycles. The van der Waals surface area contributed by atoms with Gasteiger partial charge in [0.1, 0.15) is 6.61 Å². The van der Waals surface area contributed by atoms with Gasteiger partial charge in [0, 0.05) is 37.5 Å². The molecule has 7 nitrogen and oxygen atoms in total. The Labute approximate surface area is 182 Å². The van der Waals surface area contributed by atoms with E-state index in [4.69, 9.17) is 9.47 Å². The fourth-order valence-electron chi connectivity index (χ4n) is 3.13. The molecule has 3 rings (SSSR count). The van der Waals surface area contributed by atoms with E-state index < -0.39 is 4.92 Å². The second kappa shape index (κ2) is 11.0. The van der Waals surface area contributed by atoms with Crippen LogP contribution >= 0.6 is 0 Å². The van der Waals surface area contributed by atoms with Crippen LogP contribution in [0.4, 0.5) is 11.4 Å². The number of nitrogens with zero attached hydrogens (tertiary/aromatic N) is 1. The quantitative estimate of drug-likeness (QED) is 0.265. The molecule has 2 N–H and O–H groups in total. The zero-order valence-electron chi connectivity index (χ0n) is 17.8. The molecule has 31 heavy (non-hydrogen) atoms. The lowest BCUT2D eigenvalue weighted by Gasteiger charge is -2.13. The summed E-state index contributed by atoms with van der Waals surface area (Å²) in [6.45, 7) is 4.69. The first-order valence-corrected chi connectivity index (χ1v) is 10.1. The van der Waals surface area contributed by atoms with E-state index in [-0.39, 0.29) is 5.69 Å². The van der Waals surface area contributed by atoms with Gasteiger partial charge in [0.2, 0.25) is 0 Å². The zero-order valence-corrected chi connectivity index (χ0v) is 17.8. The monoisotopic (exact) mass is 421 g/mol. The second-order valence-corrected chi connectivity index (χ2v) is 7.17. The lowest BCUT2D eigenvalue weighted by Crippen LogP contribution is -2.21. The minimum atomic E-state index is -0.404. The summed E-state index contributed by atoms with van der Waals surface area (Å²) in [5.74, 6) is 1.42. The summed E-state index contributed by atoms with van der Waals surface area (Å²) in [5, 5.41) is 17.3. The molecule has 7 heteroatoms. The molecular weight excluding hydrogens is 394 g/mol. The highest BCUT2D eigenvalue weighted by Gasteiger charge is 2.07. The van der Waals surface area contributed by atoms with Crippen molar-refractivity contribution in [2.24, 2.45) is 0 Å². The molecule has 0 atom stereocenters. The Morgan fingerprint density at radius 3 is 2.45 bits per heavy atom. The first kappa shape index (κ1) is 22.1. The SMILES string of the molecule is COc1cc(CNCCNc2ccc([N+](=O)[O-])cc2)ccc1OCc1cccc(C)c1. The largest absolute Gasteiger partial charge is 0.493 e. The van der Waals surface area contributed by atoms with E-state index in [2.05, 4.69) is 29.7 Å². The number of nitro groups is 1. The van der Waals surface area contributed by atoms with Gasteiger partial charge in [-0.15, -0.1) is 0 Å². The van der Waals surface area contributed by atoms with Gasteiger partial charge in [0.25, 0.3) is 5.69 Å². The number of benzene rings is 3. The molecule has 0 heterocycles. The van der Waals surface area contributed by atoms with Gasteiger partial charge in [-0.1, -0.05) is 35.9 Å². The summed E-state index contributed by atoms with van der Waals surface area (Å²) >= 11 is 0. The molecule has 162 valence electrons. The predicted octanol–water partition coefficient (Wildman–Crippen LogP) is 4.69. The van der Waals surface area contributed by atoms with Gasteiger partial charge in [-0.25, -0.2) is 0 Å². The van der Waals surface area contributed by atoms with E-state index >= 15 is 0 Å². The van der Waals surface area contributed by atoms with Gasteiger partial charge < -0.3 is 20.1 Å². The maximum atomic E-state index is 10.7. The molecule has 3 aromatic rings. The van der Waals surface area contributed by atoms with Crippen LogP contribution in [0, 0.1) is 17.0 Å². The normalized spacial score (nSPS) is 10.5. The van der Waals surface area contributed by atoms with Crippen LogP contribution < -0.4 is 20.1 Å². The van der Waals surface area contributed by atoms with Crippen molar-refractivity contribution >= 4 is 11.4 Å². The third kappa shape index (κ3) is 6.72. The maximum Gasteiger partial charge on any atom is 0.269 e. The van der Waals surface area contributed by atoms with Crippen molar-refractivity contribution in [3.63, 3.8) is 0 Å². The molecule has 0 spiro atoms. The molecule has 0 unspecified atom stereocenters. The van der Waals surface area contributed by atoms with E-state index in [0.29, 0.717) is 31.2 Å². The highest BCUT2D eigenvalue weighted by molar-refractivity contribution is 5.48. The number of hydrogen-bond acceptors (Lipinski definition) is 6. The Morgan fingerprint density at radius 2 is 1.74 bits per heavy atom. The fourth-order valence-corrected chi connectivity index (χ4v) is 3.13. The molecule has 0 aliphatic heterocycles. The number of hydrogen-bond donors (Lipinski definition) is 2. The van der Waals surface area contributed by atoms with Gasteiger partial charge in [0.15, 0.2) is 11.5 Å². The minimum absolute atomic E-state index is 0.0870. The van der Waals surface area contributed by atoms with Crippen molar-refractivity contribution < 1.29 is 14.4 Å². The predicted molar refractivity (Wildman–Crippen MR) is 122 cm³/mol. The Morgan fingerprint density at radius 1 is 0.935 bits per heavy atom. The molecule has 0 saturated carbocycles. The fraction of sp³-hybridized carbons (Fsp3) is 0.250. The maximum absolute atomic E-state index is 10.7. The molecule has 0 radical (unpaired) electrons. The Hall–Kier alpha value is -3.58. The number of non-ortho nitro benzene ring substituents is 1. The van der Waals surface area contributed by atoms with E-state index in [9.17, 15) is 10.1 Å². The molecule has 0 saturated heterocycles. The van der Waals surface area contributed by atoms with Crippen LogP contribution in [0.25, 0.3) is 0 Å². The number of nitrogens with one attached hydrogen (secondary N) is 2. The smallest absolute Gasteiger partial charge is 0.269 e. The molecule has 0 bridgehead atoms. The number of nitro benzene ring substituents is 1. The summed E-state index contributed by atoms with van der Waals surface area (Å²) in [4.78, 5) is 10.3. The average molecular weight is 421 g/mol. The van der Waals surface area contributed by atoms with Crippen LogP contribution in [0.5, 0.6) is 11.5 Å².